The van der Waals surface area contributed by atoms with Crippen LogP contribution in [0.25, 0.3) is 0 Å². The number of carbonyl (C=O) groups is 2. The van der Waals surface area contributed by atoms with E-state index >= 15 is 0 Å². The first kappa shape index (κ1) is 20.0. The zero-order chi connectivity index (χ0) is 19.9. The molecule has 2 amide bonds. The number of rotatable bonds is 6. The molecule has 0 unspecified atom stereocenters. The second kappa shape index (κ2) is 9.43. The van der Waals surface area contributed by atoms with Crippen molar-refractivity contribution in [3.05, 3.63) is 65.5 Å². The van der Waals surface area contributed by atoms with Crippen LogP contribution < -0.4 is 10.2 Å². The van der Waals surface area contributed by atoms with Crippen LogP contribution in [0.2, 0.25) is 0 Å². The van der Waals surface area contributed by atoms with Gasteiger partial charge in [0.1, 0.15) is 5.82 Å². The molecule has 28 heavy (non-hydrogen) atoms. The van der Waals surface area contributed by atoms with Crippen LogP contribution in [0, 0.1) is 5.82 Å². The molecule has 0 aliphatic carbocycles. The minimum absolute atomic E-state index is 0.0347. The molecule has 1 aliphatic rings. The summed E-state index contributed by atoms with van der Waals surface area (Å²) < 4.78 is 19.3. The number of hydrogen-bond acceptors (Lipinski definition) is 4. The first-order valence-electron chi connectivity index (χ1n) is 9.28. The SMILES string of the molecule is CN(C(=O)c1ccccc1F)c1ccccc1C(=O)NCCN1CCOCC1. The van der Waals surface area contributed by atoms with E-state index < -0.39 is 11.7 Å². The molecular formula is C21H24FN3O3. The van der Waals surface area contributed by atoms with Crippen LogP contribution >= 0.6 is 0 Å². The van der Waals surface area contributed by atoms with Crippen molar-refractivity contribution in [2.75, 3.05) is 51.3 Å². The molecule has 1 heterocycles. The van der Waals surface area contributed by atoms with E-state index in [9.17, 15) is 14.0 Å². The Morgan fingerprint density at radius 3 is 2.43 bits per heavy atom. The topological polar surface area (TPSA) is 61.9 Å². The lowest BCUT2D eigenvalue weighted by molar-refractivity contribution is 0.0383. The number of carbonyl (C=O) groups excluding carboxylic acids is 2. The molecule has 1 fully saturated rings. The number of hydrogen-bond donors (Lipinski definition) is 1. The van der Waals surface area contributed by atoms with Gasteiger partial charge in [0, 0.05) is 33.2 Å². The summed E-state index contributed by atoms with van der Waals surface area (Å²) in [7, 11) is 1.54. The molecule has 2 aromatic carbocycles. The molecule has 7 heteroatoms. The average molecular weight is 385 g/mol. The van der Waals surface area contributed by atoms with Gasteiger partial charge in [0.25, 0.3) is 11.8 Å². The summed E-state index contributed by atoms with van der Waals surface area (Å²) in [5.74, 6) is -1.37. The van der Waals surface area contributed by atoms with E-state index in [2.05, 4.69) is 10.2 Å². The summed E-state index contributed by atoms with van der Waals surface area (Å²) >= 11 is 0. The number of ether oxygens (including phenoxy) is 1. The third-order valence-electron chi connectivity index (χ3n) is 4.74. The summed E-state index contributed by atoms with van der Waals surface area (Å²) in [5.41, 5.74) is 0.767. The lowest BCUT2D eigenvalue weighted by Gasteiger charge is -2.26. The van der Waals surface area contributed by atoms with E-state index in [0.717, 1.165) is 19.6 Å². The van der Waals surface area contributed by atoms with Crippen molar-refractivity contribution in [3.63, 3.8) is 0 Å². The number of nitrogens with zero attached hydrogens (tertiary/aromatic N) is 2. The summed E-state index contributed by atoms with van der Waals surface area (Å²) in [6, 6.07) is 12.6. The van der Waals surface area contributed by atoms with Crippen molar-refractivity contribution < 1.29 is 18.7 Å². The van der Waals surface area contributed by atoms with E-state index in [4.69, 9.17) is 4.74 Å². The van der Waals surface area contributed by atoms with Gasteiger partial charge in [-0.3, -0.25) is 14.5 Å². The van der Waals surface area contributed by atoms with Crippen LogP contribution in [0.5, 0.6) is 0 Å². The average Bonchev–Trinajstić information content (AvgIpc) is 2.74. The van der Waals surface area contributed by atoms with Gasteiger partial charge >= 0.3 is 0 Å². The van der Waals surface area contributed by atoms with Crippen molar-refractivity contribution in [3.8, 4) is 0 Å². The number of morpholine rings is 1. The quantitative estimate of drug-likeness (QED) is 0.828. The number of amides is 2. The van der Waals surface area contributed by atoms with E-state index in [1.54, 1.807) is 30.3 Å². The van der Waals surface area contributed by atoms with Crippen molar-refractivity contribution >= 4 is 17.5 Å². The van der Waals surface area contributed by atoms with Crippen LogP contribution in [0.1, 0.15) is 20.7 Å². The van der Waals surface area contributed by atoms with E-state index in [1.165, 1.54) is 30.1 Å². The highest BCUT2D eigenvalue weighted by molar-refractivity contribution is 6.10. The fourth-order valence-corrected chi connectivity index (χ4v) is 3.13. The van der Waals surface area contributed by atoms with Crippen molar-refractivity contribution in [1.29, 1.82) is 0 Å². The Kier molecular flexibility index (Phi) is 6.73. The molecule has 0 atom stereocenters. The Morgan fingerprint density at radius 1 is 1.07 bits per heavy atom. The Bertz CT molecular complexity index is 837. The Hall–Kier alpha value is -2.77. The van der Waals surface area contributed by atoms with Crippen molar-refractivity contribution in [2.45, 2.75) is 0 Å². The van der Waals surface area contributed by atoms with Crippen molar-refractivity contribution in [2.24, 2.45) is 0 Å². The normalized spacial score (nSPS) is 14.5. The number of anilines is 1. The second-order valence-corrected chi connectivity index (χ2v) is 6.57. The molecule has 0 bridgehead atoms. The highest BCUT2D eigenvalue weighted by Gasteiger charge is 2.21. The van der Waals surface area contributed by atoms with Crippen LogP contribution in [0.4, 0.5) is 10.1 Å². The Morgan fingerprint density at radius 2 is 1.71 bits per heavy atom. The summed E-state index contributed by atoms with van der Waals surface area (Å²) in [5, 5.41) is 2.90. The molecule has 6 nitrogen and oxygen atoms in total. The Labute approximate surface area is 163 Å². The standard InChI is InChI=1S/C21H24FN3O3/c1-24(21(27)16-6-2-4-8-18(16)22)19-9-5-3-7-17(19)20(26)23-10-11-25-12-14-28-15-13-25/h2-9H,10-15H2,1H3,(H,23,26). The first-order valence-corrected chi connectivity index (χ1v) is 9.28. The summed E-state index contributed by atoms with van der Waals surface area (Å²) in [4.78, 5) is 28.9. The molecule has 1 saturated heterocycles. The minimum Gasteiger partial charge on any atom is -0.379 e. The highest BCUT2D eigenvalue weighted by Crippen LogP contribution is 2.22. The molecule has 0 saturated carbocycles. The van der Waals surface area contributed by atoms with Gasteiger partial charge in [-0.1, -0.05) is 24.3 Å². The minimum atomic E-state index is -0.591. The predicted molar refractivity (Wildman–Crippen MR) is 105 cm³/mol. The van der Waals surface area contributed by atoms with Gasteiger partial charge < -0.3 is 15.0 Å². The molecule has 0 spiro atoms. The van der Waals surface area contributed by atoms with Gasteiger partial charge in [-0.15, -0.1) is 0 Å². The molecule has 3 rings (SSSR count). The van der Waals surface area contributed by atoms with Crippen LogP contribution in [-0.2, 0) is 4.74 Å². The van der Waals surface area contributed by atoms with Crippen LogP contribution in [0.15, 0.2) is 48.5 Å². The maximum atomic E-state index is 14.0. The zero-order valence-corrected chi connectivity index (χ0v) is 15.9. The van der Waals surface area contributed by atoms with Crippen molar-refractivity contribution in [1.82, 2.24) is 10.2 Å². The number of para-hydroxylation sites is 1. The third kappa shape index (κ3) is 4.74. The van der Waals surface area contributed by atoms with Gasteiger partial charge in [0.05, 0.1) is 30.0 Å². The van der Waals surface area contributed by atoms with Crippen LogP contribution in [-0.4, -0.2) is 63.2 Å². The lowest BCUT2D eigenvalue weighted by Crippen LogP contribution is -2.41. The predicted octanol–water partition coefficient (Wildman–Crippen LogP) is 2.16. The fourth-order valence-electron chi connectivity index (χ4n) is 3.13. The number of halogens is 1. The lowest BCUT2D eigenvalue weighted by atomic mass is 10.1. The molecule has 0 aromatic heterocycles. The molecule has 2 aromatic rings. The number of benzene rings is 2. The second-order valence-electron chi connectivity index (χ2n) is 6.57. The largest absolute Gasteiger partial charge is 0.379 e. The smallest absolute Gasteiger partial charge is 0.261 e. The highest BCUT2D eigenvalue weighted by atomic mass is 19.1. The van der Waals surface area contributed by atoms with Gasteiger partial charge in [-0.05, 0) is 24.3 Å². The monoisotopic (exact) mass is 385 g/mol. The van der Waals surface area contributed by atoms with Gasteiger partial charge in [0.15, 0.2) is 0 Å². The molecule has 0 radical (unpaired) electrons. The Balaban J connectivity index is 1.68. The van der Waals surface area contributed by atoms with E-state index in [1.807, 2.05) is 0 Å². The van der Waals surface area contributed by atoms with Crippen LogP contribution in [0.3, 0.4) is 0 Å². The first-order chi connectivity index (χ1) is 13.6. The fraction of sp³-hybridized carbons (Fsp3) is 0.333. The maximum Gasteiger partial charge on any atom is 0.261 e. The van der Waals surface area contributed by atoms with E-state index in [0.29, 0.717) is 31.0 Å². The number of nitrogens with one attached hydrogen (secondary N) is 1. The van der Waals surface area contributed by atoms with Gasteiger partial charge in [0.2, 0.25) is 0 Å². The molecular weight excluding hydrogens is 361 g/mol. The summed E-state index contributed by atoms with van der Waals surface area (Å²) in [6.45, 7) is 4.36. The third-order valence-corrected chi connectivity index (χ3v) is 4.74. The van der Waals surface area contributed by atoms with Gasteiger partial charge in [-0.25, -0.2) is 4.39 Å². The molecule has 1 N–H and O–H groups in total. The maximum absolute atomic E-state index is 14.0. The van der Waals surface area contributed by atoms with Gasteiger partial charge in [-0.2, -0.15) is 0 Å². The van der Waals surface area contributed by atoms with E-state index in [-0.39, 0.29) is 11.5 Å². The summed E-state index contributed by atoms with van der Waals surface area (Å²) in [6.07, 6.45) is 0. The zero-order valence-electron chi connectivity index (χ0n) is 15.9. The molecule has 148 valence electrons. The molecule has 1 aliphatic heterocycles.